The van der Waals surface area contributed by atoms with Gasteiger partial charge in [0.05, 0.1) is 22.1 Å². The van der Waals surface area contributed by atoms with Gasteiger partial charge in [-0.25, -0.2) is 27.0 Å². The Labute approximate surface area is 145 Å². The van der Waals surface area contributed by atoms with Gasteiger partial charge in [0, 0.05) is 6.07 Å². The number of nitrogens with zero attached hydrogens (tertiary/aromatic N) is 2. The maximum Gasteiger partial charge on any atom is 0.281 e. The molecule has 1 aromatic heterocycles. The topological polar surface area (TPSA) is 81.1 Å². The van der Waals surface area contributed by atoms with Crippen LogP contribution in [0, 0.1) is 11.6 Å². The quantitative estimate of drug-likeness (QED) is 0.700. The smallest absolute Gasteiger partial charge is 0.267 e. The van der Waals surface area contributed by atoms with Crippen molar-refractivity contribution in [2.24, 2.45) is 0 Å². The Morgan fingerprint density at radius 2 is 1.88 bits per heavy atom. The van der Waals surface area contributed by atoms with Crippen LogP contribution in [0.25, 0.3) is 10.9 Å². The minimum absolute atomic E-state index is 0.00682. The van der Waals surface area contributed by atoms with Crippen molar-refractivity contribution in [2.45, 2.75) is 10.1 Å². The second-order valence-corrected chi connectivity index (χ2v) is 7.83. The average Bonchev–Trinajstić information content (AvgIpc) is 2.53. The molecule has 0 atom stereocenters. The zero-order chi connectivity index (χ0) is 18.2. The predicted molar refractivity (Wildman–Crippen MR) is 90.7 cm³/mol. The van der Waals surface area contributed by atoms with Crippen molar-refractivity contribution in [3.63, 3.8) is 0 Å². The van der Waals surface area contributed by atoms with E-state index in [1.54, 1.807) is 18.2 Å². The van der Waals surface area contributed by atoms with Gasteiger partial charge >= 0.3 is 0 Å². The van der Waals surface area contributed by atoms with Crippen LogP contribution in [0.5, 0.6) is 0 Å². The number of rotatable bonds is 4. The number of hydrogen-bond donors (Lipinski definition) is 1. The molecule has 0 bridgehead atoms. The van der Waals surface area contributed by atoms with E-state index < -0.39 is 27.2 Å². The Hall–Kier alpha value is -2.46. The van der Waals surface area contributed by atoms with Gasteiger partial charge in [0.15, 0.2) is 5.16 Å². The summed E-state index contributed by atoms with van der Waals surface area (Å²) in [5.74, 6) is -1.60. The third-order valence-corrected chi connectivity index (χ3v) is 4.62. The van der Waals surface area contributed by atoms with Crippen LogP contribution in [-0.4, -0.2) is 24.3 Å². The van der Waals surface area contributed by atoms with Gasteiger partial charge in [-0.15, -0.1) is 0 Å². The van der Waals surface area contributed by atoms with Crippen LogP contribution in [0.2, 0.25) is 0 Å². The summed E-state index contributed by atoms with van der Waals surface area (Å²) in [7, 11) is -3.79. The van der Waals surface area contributed by atoms with Crippen molar-refractivity contribution in [3.8, 4) is 0 Å². The first-order chi connectivity index (χ1) is 11.7. The van der Waals surface area contributed by atoms with Gasteiger partial charge in [0.25, 0.3) is 5.56 Å². The molecule has 1 N–H and O–H groups in total. The molecule has 6 nitrogen and oxygen atoms in total. The number of fused-ring (bicyclic) bond motifs is 1. The molecule has 130 valence electrons. The minimum atomic E-state index is -3.79. The molecule has 2 aromatic carbocycles. The number of aromatic nitrogens is 2. The molecule has 3 rings (SSSR count). The number of sulfonamides is 1. The third-order valence-electron chi connectivity index (χ3n) is 3.10. The summed E-state index contributed by atoms with van der Waals surface area (Å²) in [6.45, 7) is 0. The second-order valence-electron chi connectivity index (χ2n) is 5.09. The number of benzene rings is 2. The third kappa shape index (κ3) is 3.80. The van der Waals surface area contributed by atoms with Crippen molar-refractivity contribution >= 4 is 32.7 Å². The summed E-state index contributed by atoms with van der Waals surface area (Å²) >= 11 is 0.702. The fourth-order valence-electron chi connectivity index (χ4n) is 2.08. The Bertz CT molecular complexity index is 1130. The lowest BCUT2D eigenvalue weighted by Gasteiger charge is -2.13. The highest BCUT2D eigenvalue weighted by atomic mass is 32.2. The Balaban J connectivity index is 2.21. The van der Waals surface area contributed by atoms with E-state index in [9.17, 15) is 22.0 Å². The van der Waals surface area contributed by atoms with Gasteiger partial charge in [-0.05, 0) is 36.0 Å². The zero-order valence-electron chi connectivity index (χ0n) is 12.7. The largest absolute Gasteiger partial charge is 0.281 e. The molecule has 0 aliphatic heterocycles. The number of hydrogen-bond acceptors (Lipinski definition) is 5. The lowest BCUT2D eigenvalue weighted by Crippen LogP contribution is -2.34. The highest BCUT2D eigenvalue weighted by Gasteiger charge is 2.17. The maximum absolute atomic E-state index is 13.9. The van der Waals surface area contributed by atoms with E-state index in [1.165, 1.54) is 12.1 Å². The van der Waals surface area contributed by atoms with Crippen molar-refractivity contribution in [1.82, 2.24) is 9.66 Å². The summed E-state index contributed by atoms with van der Waals surface area (Å²) < 4.78 is 50.8. The van der Waals surface area contributed by atoms with Crippen LogP contribution in [-0.2, 0) is 10.0 Å². The Kier molecular flexibility index (Phi) is 4.48. The highest BCUT2D eigenvalue weighted by molar-refractivity contribution is 7.99. The number of halogens is 2. The normalized spacial score (nSPS) is 11.6. The molecular formula is C15H11F2N3O3S2. The van der Waals surface area contributed by atoms with Crippen LogP contribution >= 0.6 is 11.8 Å². The predicted octanol–water partition coefficient (Wildman–Crippen LogP) is 2.33. The standard InChI is InChI=1S/C15H11F2N3O3S2/c1-25(22,23)19-20-14(21)10-4-2-3-5-12(10)18-15(20)24-13-7-6-9(16)8-11(13)17/h2-8,19H,1H3. The number of nitrogens with one attached hydrogen (secondary N) is 1. The zero-order valence-corrected chi connectivity index (χ0v) is 14.4. The van der Waals surface area contributed by atoms with E-state index in [0.717, 1.165) is 17.0 Å². The van der Waals surface area contributed by atoms with Gasteiger partial charge in [-0.2, -0.15) is 4.68 Å². The average molecular weight is 383 g/mol. The van der Waals surface area contributed by atoms with Crippen LogP contribution in [0.3, 0.4) is 0 Å². The first kappa shape index (κ1) is 17.4. The van der Waals surface area contributed by atoms with Crippen LogP contribution < -0.4 is 10.4 Å². The van der Waals surface area contributed by atoms with E-state index in [0.29, 0.717) is 23.3 Å². The fraction of sp³-hybridized carbons (Fsp3) is 0.0667. The number of para-hydroxylation sites is 1. The molecule has 3 aromatic rings. The van der Waals surface area contributed by atoms with Crippen molar-refractivity contribution < 1.29 is 17.2 Å². The minimum Gasteiger partial charge on any atom is -0.267 e. The summed E-state index contributed by atoms with van der Waals surface area (Å²) in [5.41, 5.74) is -0.329. The molecule has 0 spiro atoms. The second kappa shape index (κ2) is 6.45. The highest BCUT2D eigenvalue weighted by Crippen LogP contribution is 2.29. The fourth-order valence-corrected chi connectivity index (χ4v) is 3.50. The summed E-state index contributed by atoms with van der Waals surface area (Å²) in [6, 6.07) is 9.28. The van der Waals surface area contributed by atoms with Gasteiger partial charge in [0.2, 0.25) is 10.0 Å². The van der Waals surface area contributed by atoms with E-state index in [2.05, 4.69) is 9.82 Å². The summed E-state index contributed by atoms with van der Waals surface area (Å²) in [4.78, 5) is 18.9. The first-order valence-corrected chi connectivity index (χ1v) is 9.58. The summed E-state index contributed by atoms with van der Waals surface area (Å²) in [6.07, 6.45) is 0.877. The van der Waals surface area contributed by atoms with Crippen LogP contribution in [0.4, 0.5) is 8.78 Å². The van der Waals surface area contributed by atoms with Crippen molar-refractivity contribution in [1.29, 1.82) is 0 Å². The van der Waals surface area contributed by atoms with E-state index >= 15 is 0 Å². The molecule has 1 heterocycles. The molecule has 0 aliphatic carbocycles. The van der Waals surface area contributed by atoms with E-state index in [1.807, 2.05) is 0 Å². The lowest BCUT2D eigenvalue weighted by atomic mass is 10.2. The molecule has 0 fully saturated rings. The van der Waals surface area contributed by atoms with Gasteiger partial charge < -0.3 is 0 Å². The van der Waals surface area contributed by atoms with Crippen LogP contribution in [0.15, 0.2) is 57.3 Å². The first-order valence-electron chi connectivity index (χ1n) is 6.87. The molecular weight excluding hydrogens is 372 g/mol. The van der Waals surface area contributed by atoms with Gasteiger partial charge in [-0.1, -0.05) is 12.1 Å². The van der Waals surface area contributed by atoms with Crippen LogP contribution in [0.1, 0.15) is 0 Å². The molecule has 0 saturated heterocycles. The Morgan fingerprint density at radius 1 is 1.16 bits per heavy atom. The lowest BCUT2D eigenvalue weighted by molar-refractivity contribution is 0.565. The molecule has 0 saturated carbocycles. The molecule has 0 aliphatic rings. The van der Waals surface area contributed by atoms with E-state index in [-0.39, 0.29) is 15.4 Å². The SMILES string of the molecule is CS(=O)(=O)Nn1c(Sc2ccc(F)cc2F)nc2ccccc2c1=O. The molecule has 10 heteroatoms. The maximum atomic E-state index is 13.9. The molecule has 25 heavy (non-hydrogen) atoms. The Morgan fingerprint density at radius 3 is 2.56 bits per heavy atom. The molecule has 0 radical (unpaired) electrons. The molecule has 0 unspecified atom stereocenters. The van der Waals surface area contributed by atoms with E-state index in [4.69, 9.17) is 0 Å². The van der Waals surface area contributed by atoms with Gasteiger partial charge in [0.1, 0.15) is 11.6 Å². The van der Waals surface area contributed by atoms with Crippen molar-refractivity contribution in [2.75, 3.05) is 11.1 Å². The summed E-state index contributed by atoms with van der Waals surface area (Å²) in [5, 5.41) is 0.0993. The van der Waals surface area contributed by atoms with Gasteiger partial charge in [-0.3, -0.25) is 4.79 Å². The van der Waals surface area contributed by atoms with Crippen molar-refractivity contribution in [3.05, 3.63) is 64.5 Å². The monoisotopic (exact) mass is 383 g/mol. The molecule has 0 amide bonds.